The fraction of sp³-hybridized carbons (Fsp3) is 0.222. The van der Waals surface area contributed by atoms with E-state index >= 15 is 0 Å². The van der Waals surface area contributed by atoms with Crippen LogP contribution in [0.15, 0.2) is 30.3 Å². The molecule has 15 heavy (non-hydrogen) atoms. The van der Waals surface area contributed by atoms with Crippen LogP contribution in [0.5, 0.6) is 0 Å². The van der Waals surface area contributed by atoms with Crippen LogP contribution < -0.4 is 5.09 Å². The zero-order valence-electron chi connectivity index (χ0n) is 8.05. The van der Waals surface area contributed by atoms with Crippen molar-refractivity contribution < 1.29 is 14.3 Å². The Morgan fingerprint density at radius 3 is 2.47 bits per heavy atom. The van der Waals surface area contributed by atoms with Crippen molar-refractivity contribution in [3.8, 4) is 0 Å². The van der Waals surface area contributed by atoms with Crippen molar-refractivity contribution >= 4 is 36.0 Å². The molecule has 0 fully saturated rings. The van der Waals surface area contributed by atoms with Gasteiger partial charge < -0.3 is 4.89 Å². The van der Waals surface area contributed by atoms with E-state index in [1.807, 2.05) is 40.8 Å². The smallest absolute Gasteiger partial charge is 0.290 e. The van der Waals surface area contributed by atoms with Gasteiger partial charge in [0, 0.05) is 6.66 Å². The van der Waals surface area contributed by atoms with E-state index in [1.165, 1.54) is 0 Å². The molecule has 0 radical (unpaired) electrons. The Hall–Kier alpha value is -0.390. The Bertz CT molecular complexity index is 390. The predicted octanol–water partition coefficient (Wildman–Crippen LogP) is 2.09. The number of hydrogen-bond donors (Lipinski definition) is 2. The second kappa shape index (κ2) is 5.09. The van der Waals surface area contributed by atoms with Crippen molar-refractivity contribution in [3.63, 3.8) is 0 Å². The normalized spacial score (nSPS) is 16.5. The zero-order valence-corrected chi connectivity index (χ0v) is 11.1. The van der Waals surface area contributed by atoms with E-state index in [1.54, 1.807) is 12.1 Å². The van der Waals surface area contributed by atoms with Crippen LogP contribution in [0.4, 0.5) is 0 Å². The van der Waals surface area contributed by atoms with Crippen LogP contribution in [-0.2, 0) is 9.36 Å². The number of hydrogen-bond acceptors (Lipinski definition) is 2. The highest BCUT2D eigenvalue weighted by Crippen LogP contribution is 2.32. The van der Waals surface area contributed by atoms with Crippen molar-refractivity contribution in [2.75, 3.05) is 6.66 Å². The molecular weight excluding hydrogens is 328 g/mol. The van der Waals surface area contributed by atoms with Crippen molar-refractivity contribution in [1.29, 1.82) is 0 Å². The molecule has 0 aliphatic rings. The molecule has 1 aromatic rings. The topological polar surface area (TPSA) is 66.4 Å². The van der Waals surface area contributed by atoms with Crippen LogP contribution in [-0.4, -0.2) is 17.5 Å². The van der Waals surface area contributed by atoms with Crippen molar-refractivity contribution in [2.24, 2.45) is 0 Å². The molecule has 0 spiro atoms. The van der Waals surface area contributed by atoms with Gasteiger partial charge in [-0.3, -0.25) is 14.4 Å². The highest BCUT2D eigenvalue weighted by atomic mass is 127. The van der Waals surface area contributed by atoms with Crippen molar-refractivity contribution in [3.05, 3.63) is 35.9 Å². The van der Waals surface area contributed by atoms with Gasteiger partial charge in [-0.25, -0.2) is 0 Å². The second-order valence-electron chi connectivity index (χ2n) is 3.13. The van der Waals surface area contributed by atoms with E-state index in [0.717, 1.165) is 12.2 Å². The van der Waals surface area contributed by atoms with Gasteiger partial charge in [-0.15, -0.1) is 0 Å². The summed E-state index contributed by atoms with van der Waals surface area (Å²) in [6.45, 7) is 1.10. The second-order valence-corrected chi connectivity index (χ2v) is 6.36. The van der Waals surface area contributed by atoms with E-state index < -0.39 is 17.4 Å². The number of alkyl halides is 1. The van der Waals surface area contributed by atoms with Crippen LogP contribution in [0.2, 0.25) is 0 Å². The van der Waals surface area contributed by atoms with Gasteiger partial charge >= 0.3 is 0 Å². The first kappa shape index (κ1) is 12.7. The van der Waals surface area contributed by atoms with Gasteiger partial charge in [0.2, 0.25) is 5.91 Å². The van der Waals surface area contributed by atoms with Gasteiger partial charge in [-0.05, 0) is 5.56 Å². The molecule has 6 heteroatoms. The van der Waals surface area contributed by atoms with Gasteiger partial charge in [-0.2, -0.15) is 0 Å². The fourth-order valence-electron chi connectivity index (χ4n) is 1.03. The lowest BCUT2D eigenvalue weighted by atomic mass is 10.1. The third kappa shape index (κ3) is 4.32. The number of carbonyl (C=O) groups is 1. The highest BCUT2D eigenvalue weighted by Gasteiger charge is 2.21. The van der Waals surface area contributed by atoms with Crippen LogP contribution >= 0.6 is 30.1 Å². The van der Waals surface area contributed by atoms with Gasteiger partial charge in [0.15, 0.2) is 0 Å². The lowest BCUT2D eigenvalue weighted by Crippen LogP contribution is -2.23. The molecule has 1 aromatic carbocycles. The summed E-state index contributed by atoms with van der Waals surface area (Å²) in [6.07, 6.45) is 0. The average Bonchev–Trinajstić information content (AvgIpc) is 2.15. The minimum Gasteiger partial charge on any atom is -0.329 e. The Kier molecular flexibility index (Phi) is 4.31. The molecule has 0 heterocycles. The van der Waals surface area contributed by atoms with Crippen LogP contribution in [0, 0.1) is 0 Å². The summed E-state index contributed by atoms with van der Waals surface area (Å²) in [5.41, 5.74) is 0.809. The molecule has 0 saturated heterocycles. The summed E-state index contributed by atoms with van der Waals surface area (Å²) in [4.78, 5) is 20.5. The third-order valence-electron chi connectivity index (χ3n) is 1.64. The fourth-order valence-corrected chi connectivity index (χ4v) is 2.39. The molecule has 0 saturated carbocycles. The lowest BCUT2D eigenvalue weighted by molar-refractivity contribution is -0.118. The maximum absolute atomic E-state index is 11.5. The maximum atomic E-state index is 11.5. The van der Waals surface area contributed by atoms with Gasteiger partial charge in [0.05, 0.1) is 0 Å². The first-order valence-corrected chi connectivity index (χ1v) is 7.57. The van der Waals surface area contributed by atoms with E-state index in [2.05, 4.69) is 5.09 Å². The minimum atomic E-state index is -3.50. The molecule has 2 N–H and O–H groups in total. The molecule has 1 rings (SSSR count). The summed E-state index contributed by atoms with van der Waals surface area (Å²) in [7, 11) is -3.50. The van der Waals surface area contributed by atoms with Crippen molar-refractivity contribution in [2.45, 2.75) is 3.92 Å². The monoisotopic (exact) mass is 339 g/mol. The van der Waals surface area contributed by atoms with Crippen LogP contribution in [0.1, 0.15) is 9.49 Å². The standard InChI is InChI=1S/C9H11INO3P/c1-15(13,14)11-9(12)8(10)7-5-3-2-4-6-7/h2-6,8H,1H3,(H2,11,12,13,14). The largest absolute Gasteiger partial charge is 0.329 e. The number of carbonyl (C=O) groups excluding carboxylic acids is 1. The molecule has 4 nitrogen and oxygen atoms in total. The van der Waals surface area contributed by atoms with Gasteiger partial charge in [0.25, 0.3) is 7.52 Å². The third-order valence-corrected chi connectivity index (χ3v) is 3.56. The molecule has 0 aliphatic carbocycles. The number of halogens is 1. The molecule has 2 atom stereocenters. The van der Waals surface area contributed by atoms with Crippen LogP contribution in [0.25, 0.3) is 0 Å². The molecule has 2 unspecified atom stereocenters. The zero-order chi connectivity index (χ0) is 11.5. The van der Waals surface area contributed by atoms with Crippen LogP contribution in [0.3, 0.4) is 0 Å². The lowest BCUT2D eigenvalue weighted by Gasteiger charge is -2.12. The van der Waals surface area contributed by atoms with Crippen molar-refractivity contribution in [1.82, 2.24) is 5.09 Å². The molecule has 0 aromatic heterocycles. The Morgan fingerprint density at radius 1 is 1.47 bits per heavy atom. The van der Waals surface area contributed by atoms with Gasteiger partial charge in [-0.1, -0.05) is 52.9 Å². The first-order valence-electron chi connectivity index (χ1n) is 4.21. The summed E-state index contributed by atoms with van der Waals surface area (Å²) >= 11 is 1.93. The minimum absolute atomic E-state index is 0.449. The molecule has 0 bridgehead atoms. The Morgan fingerprint density at radius 2 is 2.00 bits per heavy atom. The number of nitrogens with one attached hydrogen (secondary N) is 1. The highest BCUT2D eigenvalue weighted by molar-refractivity contribution is 14.1. The SMILES string of the molecule is CP(=O)(O)NC(=O)C(I)c1ccccc1. The maximum Gasteiger partial charge on any atom is 0.290 e. The quantitative estimate of drug-likeness (QED) is 0.504. The summed E-state index contributed by atoms with van der Waals surface area (Å²) in [5, 5.41) is 2.08. The number of amides is 1. The number of benzene rings is 1. The average molecular weight is 339 g/mol. The van der Waals surface area contributed by atoms with E-state index in [-0.39, 0.29) is 0 Å². The Balaban J connectivity index is 2.74. The molecule has 0 aliphatic heterocycles. The summed E-state index contributed by atoms with van der Waals surface area (Å²) in [6, 6.07) is 9.09. The van der Waals surface area contributed by atoms with E-state index in [0.29, 0.717) is 0 Å². The number of rotatable bonds is 3. The Labute approximate surface area is 102 Å². The van der Waals surface area contributed by atoms with E-state index in [4.69, 9.17) is 4.89 Å². The molecule has 82 valence electrons. The first-order chi connectivity index (χ1) is 6.90. The molecule has 1 amide bonds. The summed E-state index contributed by atoms with van der Waals surface area (Å²) in [5.74, 6) is -0.449. The van der Waals surface area contributed by atoms with Gasteiger partial charge in [0.1, 0.15) is 3.92 Å². The summed E-state index contributed by atoms with van der Waals surface area (Å²) < 4.78 is 10.5. The predicted molar refractivity (Wildman–Crippen MR) is 67.1 cm³/mol. The molecular formula is C9H11INO3P. The van der Waals surface area contributed by atoms with E-state index in [9.17, 15) is 9.36 Å².